The first-order chi connectivity index (χ1) is 10.8. The summed E-state index contributed by atoms with van der Waals surface area (Å²) in [6, 6.07) is 0. The molecule has 0 unspecified atom stereocenters. The Bertz CT molecular complexity index is 269. The lowest BCUT2D eigenvalue weighted by molar-refractivity contribution is 0.322. The molecule has 0 fully saturated rings. The third kappa shape index (κ3) is 17.3. The van der Waals surface area contributed by atoms with E-state index in [1.807, 2.05) is 0 Å². The van der Waals surface area contributed by atoms with E-state index in [1.165, 1.54) is 83.1 Å². The molecule has 0 saturated heterocycles. The Hall–Kier alpha value is -0.760. The molecule has 0 aromatic heterocycles. The molecule has 0 rings (SSSR count). The van der Waals surface area contributed by atoms with Crippen LogP contribution in [0.2, 0.25) is 0 Å². The van der Waals surface area contributed by atoms with Crippen molar-refractivity contribution in [1.82, 2.24) is 0 Å². The second-order valence-corrected chi connectivity index (χ2v) is 6.21. The Morgan fingerprint density at radius 2 is 1.23 bits per heavy atom. The van der Waals surface area contributed by atoms with Crippen LogP contribution in [0.3, 0.4) is 0 Å². The van der Waals surface area contributed by atoms with E-state index in [4.69, 9.17) is 5.11 Å². The van der Waals surface area contributed by atoms with Gasteiger partial charge in [0.05, 0.1) is 12.4 Å². The zero-order chi connectivity index (χ0) is 16.3. The summed E-state index contributed by atoms with van der Waals surface area (Å²) in [5.74, 6) is 0.333. The van der Waals surface area contributed by atoms with Crippen molar-refractivity contribution in [2.45, 2.75) is 96.8 Å². The highest BCUT2D eigenvalue weighted by Gasteiger charge is 1.94. The summed E-state index contributed by atoms with van der Waals surface area (Å²) in [6.07, 6.45) is 23.7. The van der Waals surface area contributed by atoms with Gasteiger partial charge in [0.25, 0.3) is 0 Å². The van der Waals surface area contributed by atoms with E-state index in [0.29, 0.717) is 12.2 Å². The van der Waals surface area contributed by atoms with Crippen LogP contribution in [0.15, 0.2) is 24.0 Å². The quantitative estimate of drug-likeness (QED) is 0.195. The summed E-state index contributed by atoms with van der Waals surface area (Å²) < 4.78 is 0. The first kappa shape index (κ1) is 21.2. The average Bonchev–Trinajstić information content (AvgIpc) is 2.51. The topological polar surface area (TPSA) is 40.5 Å². The van der Waals surface area contributed by atoms with Crippen LogP contribution in [-0.4, -0.2) is 16.8 Å². The summed E-state index contributed by atoms with van der Waals surface area (Å²) in [5.41, 5.74) is 0. The minimum Gasteiger partial charge on any atom is -0.513 e. The van der Waals surface area contributed by atoms with Crippen LogP contribution in [-0.2, 0) is 0 Å². The zero-order valence-electron chi connectivity index (χ0n) is 14.7. The van der Waals surface area contributed by atoms with Crippen LogP contribution in [0.1, 0.15) is 96.8 Å². The van der Waals surface area contributed by atoms with Gasteiger partial charge in [-0.1, -0.05) is 70.4 Å². The Morgan fingerprint density at radius 1 is 0.727 bits per heavy atom. The molecule has 0 radical (unpaired) electrons. The van der Waals surface area contributed by atoms with E-state index < -0.39 is 0 Å². The Balaban J connectivity index is 3.16. The predicted molar refractivity (Wildman–Crippen MR) is 97.2 cm³/mol. The molecule has 0 aliphatic rings. The Kier molecular flexibility index (Phi) is 17.7. The normalized spacial score (nSPS) is 12.4. The molecule has 130 valence electrons. The standard InChI is InChI=1S/C20H38O2/c1-2-3-4-5-6-7-8-9-10-11-12-13-14-15-16-17-20(22)18-19-21/h9-10,18,21-22H,2-8,11-17,19H2,1H3/b10-9-,20-18?. The van der Waals surface area contributed by atoms with Gasteiger partial charge in [-0.3, -0.25) is 0 Å². The first-order valence-electron chi connectivity index (χ1n) is 9.45. The molecule has 0 aliphatic carbocycles. The molecule has 0 heterocycles. The van der Waals surface area contributed by atoms with E-state index >= 15 is 0 Å². The van der Waals surface area contributed by atoms with Crippen LogP contribution in [0.4, 0.5) is 0 Å². The van der Waals surface area contributed by atoms with Gasteiger partial charge in [-0.25, -0.2) is 0 Å². The van der Waals surface area contributed by atoms with E-state index in [-0.39, 0.29) is 6.61 Å². The van der Waals surface area contributed by atoms with Gasteiger partial charge in [0.2, 0.25) is 0 Å². The fourth-order valence-corrected chi connectivity index (χ4v) is 2.58. The van der Waals surface area contributed by atoms with E-state index in [0.717, 1.165) is 6.42 Å². The fraction of sp³-hybridized carbons (Fsp3) is 0.800. The molecule has 0 aliphatic heterocycles. The Morgan fingerprint density at radius 3 is 1.77 bits per heavy atom. The van der Waals surface area contributed by atoms with Crippen LogP contribution in [0.5, 0.6) is 0 Å². The van der Waals surface area contributed by atoms with Crippen molar-refractivity contribution in [3.05, 3.63) is 24.0 Å². The Labute approximate surface area is 138 Å². The van der Waals surface area contributed by atoms with E-state index in [9.17, 15) is 5.11 Å². The summed E-state index contributed by atoms with van der Waals surface area (Å²) in [6.45, 7) is 2.21. The molecule has 0 atom stereocenters. The van der Waals surface area contributed by atoms with Gasteiger partial charge in [0.1, 0.15) is 0 Å². The van der Waals surface area contributed by atoms with Gasteiger partial charge < -0.3 is 10.2 Å². The highest BCUT2D eigenvalue weighted by molar-refractivity contribution is 4.89. The maximum atomic E-state index is 9.34. The lowest BCUT2D eigenvalue weighted by Crippen LogP contribution is -1.86. The fourth-order valence-electron chi connectivity index (χ4n) is 2.58. The zero-order valence-corrected chi connectivity index (χ0v) is 14.7. The van der Waals surface area contributed by atoms with Crippen LogP contribution < -0.4 is 0 Å². The van der Waals surface area contributed by atoms with Gasteiger partial charge in [-0.05, 0) is 38.2 Å². The third-order valence-corrected chi connectivity index (χ3v) is 4.02. The van der Waals surface area contributed by atoms with E-state index in [2.05, 4.69) is 19.1 Å². The molecule has 0 aromatic carbocycles. The maximum absolute atomic E-state index is 9.34. The molecule has 2 nitrogen and oxygen atoms in total. The number of aliphatic hydroxyl groups is 2. The SMILES string of the molecule is CCCCCCCC/C=C\CCCCCCCC(O)=CCO. The molecule has 2 heteroatoms. The molecular weight excluding hydrogens is 272 g/mol. The lowest BCUT2D eigenvalue weighted by Gasteiger charge is -2.01. The molecular formula is C20H38O2. The van der Waals surface area contributed by atoms with Gasteiger partial charge in [0, 0.05) is 6.42 Å². The molecule has 0 aromatic rings. The van der Waals surface area contributed by atoms with Crippen LogP contribution in [0, 0.1) is 0 Å². The average molecular weight is 311 g/mol. The van der Waals surface area contributed by atoms with Crippen LogP contribution >= 0.6 is 0 Å². The summed E-state index contributed by atoms with van der Waals surface area (Å²) >= 11 is 0. The van der Waals surface area contributed by atoms with Crippen molar-refractivity contribution in [3.8, 4) is 0 Å². The molecule has 0 saturated carbocycles. The number of allylic oxidation sites excluding steroid dienone is 3. The minimum absolute atomic E-state index is 0.0586. The molecule has 0 spiro atoms. The largest absolute Gasteiger partial charge is 0.513 e. The smallest absolute Gasteiger partial charge is 0.0905 e. The summed E-state index contributed by atoms with van der Waals surface area (Å²) in [4.78, 5) is 0. The molecule has 22 heavy (non-hydrogen) atoms. The van der Waals surface area contributed by atoms with Gasteiger partial charge in [-0.15, -0.1) is 0 Å². The lowest BCUT2D eigenvalue weighted by atomic mass is 10.1. The molecule has 0 amide bonds. The number of hydrogen-bond donors (Lipinski definition) is 2. The van der Waals surface area contributed by atoms with Crippen molar-refractivity contribution in [2.75, 3.05) is 6.61 Å². The van der Waals surface area contributed by atoms with Crippen molar-refractivity contribution in [3.63, 3.8) is 0 Å². The first-order valence-corrected chi connectivity index (χ1v) is 9.45. The van der Waals surface area contributed by atoms with Gasteiger partial charge in [-0.2, -0.15) is 0 Å². The molecule has 0 bridgehead atoms. The summed E-state index contributed by atoms with van der Waals surface area (Å²) in [7, 11) is 0. The molecule has 2 N–H and O–H groups in total. The third-order valence-electron chi connectivity index (χ3n) is 4.02. The van der Waals surface area contributed by atoms with Crippen LogP contribution in [0.25, 0.3) is 0 Å². The van der Waals surface area contributed by atoms with Crippen molar-refractivity contribution in [2.24, 2.45) is 0 Å². The van der Waals surface area contributed by atoms with Gasteiger partial charge >= 0.3 is 0 Å². The van der Waals surface area contributed by atoms with Crippen molar-refractivity contribution < 1.29 is 10.2 Å². The second kappa shape index (κ2) is 18.3. The maximum Gasteiger partial charge on any atom is 0.0905 e. The van der Waals surface area contributed by atoms with Crippen molar-refractivity contribution >= 4 is 0 Å². The minimum atomic E-state index is -0.0586. The predicted octanol–water partition coefficient (Wildman–Crippen LogP) is 6.46. The number of hydrogen-bond acceptors (Lipinski definition) is 2. The monoisotopic (exact) mass is 310 g/mol. The highest BCUT2D eigenvalue weighted by Crippen LogP contribution is 2.11. The number of rotatable bonds is 16. The van der Waals surface area contributed by atoms with E-state index in [1.54, 1.807) is 0 Å². The highest BCUT2D eigenvalue weighted by atomic mass is 16.3. The van der Waals surface area contributed by atoms with Gasteiger partial charge in [0.15, 0.2) is 0 Å². The number of aliphatic hydroxyl groups excluding tert-OH is 2. The summed E-state index contributed by atoms with van der Waals surface area (Å²) in [5, 5.41) is 18.0. The van der Waals surface area contributed by atoms with Crippen molar-refractivity contribution in [1.29, 1.82) is 0 Å². The second-order valence-electron chi connectivity index (χ2n) is 6.21. The number of unbranched alkanes of at least 4 members (excludes halogenated alkanes) is 11.